The molecule has 0 spiro atoms. The molecule has 0 aromatic heterocycles. The lowest BCUT2D eigenvalue weighted by Crippen LogP contribution is -2.38. The summed E-state index contributed by atoms with van der Waals surface area (Å²) < 4.78 is 0. The molecule has 0 bridgehead atoms. The van der Waals surface area contributed by atoms with Crippen LogP contribution in [0, 0.1) is 5.92 Å². The van der Waals surface area contributed by atoms with Crippen molar-refractivity contribution in [2.24, 2.45) is 5.92 Å². The van der Waals surface area contributed by atoms with Crippen LogP contribution in [-0.4, -0.2) is 36.3 Å². The van der Waals surface area contributed by atoms with Crippen molar-refractivity contribution in [1.29, 1.82) is 0 Å². The fourth-order valence-electron chi connectivity index (χ4n) is 1.70. The van der Waals surface area contributed by atoms with Crippen molar-refractivity contribution in [2.75, 3.05) is 19.6 Å². The predicted octanol–water partition coefficient (Wildman–Crippen LogP) is 0.771. The molecule has 1 aliphatic heterocycles. The van der Waals surface area contributed by atoms with Crippen molar-refractivity contribution >= 4 is 11.8 Å². The van der Waals surface area contributed by atoms with Gasteiger partial charge in [-0.2, -0.15) is 0 Å². The highest BCUT2D eigenvalue weighted by Crippen LogP contribution is 2.06. The van der Waals surface area contributed by atoms with E-state index in [1.807, 2.05) is 18.7 Å². The smallest absolute Gasteiger partial charge is 0.241 e. The van der Waals surface area contributed by atoms with Gasteiger partial charge >= 0.3 is 0 Å². The topological polar surface area (TPSA) is 49.4 Å². The van der Waals surface area contributed by atoms with Crippen molar-refractivity contribution in [3.63, 3.8) is 0 Å². The SMILES string of the molecule is CC(C)CC(=O)NCC(=O)N1CCCC1. The first-order valence-electron chi connectivity index (χ1n) is 5.64. The highest BCUT2D eigenvalue weighted by atomic mass is 16.2. The molecule has 1 rings (SSSR count). The summed E-state index contributed by atoms with van der Waals surface area (Å²) in [6, 6.07) is 0. The molecule has 0 atom stereocenters. The Morgan fingerprint density at radius 1 is 1.27 bits per heavy atom. The Kier molecular flexibility index (Phi) is 4.59. The molecule has 86 valence electrons. The second-order valence-corrected chi connectivity index (χ2v) is 4.46. The summed E-state index contributed by atoms with van der Waals surface area (Å²) >= 11 is 0. The summed E-state index contributed by atoms with van der Waals surface area (Å²) in [5.41, 5.74) is 0. The normalized spacial score (nSPS) is 15.8. The summed E-state index contributed by atoms with van der Waals surface area (Å²) in [5.74, 6) is 0.356. The van der Waals surface area contributed by atoms with Crippen LogP contribution >= 0.6 is 0 Å². The molecule has 0 unspecified atom stereocenters. The molecule has 4 heteroatoms. The molecule has 1 heterocycles. The van der Waals surface area contributed by atoms with Crippen LogP contribution in [0.15, 0.2) is 0 Å². The number of amides is 2. The van der Waals surface area contributed by atoms with Crippen LogP contribution in [0.1, 0.15) is 33.1 Å². The summed E-state index contributed by atoms with van der Waals surface area (Å²) in [4.78, 5) is 24.7. The van der Waals surface area contributed by atoms with Crippen LogP contribution in [-0.2, 0) is 9.59 Å². The van der Waals surface area contributed by atoms with E-state index >= 15 is 0 Å². The van der Waals surface area contributed by atoms with E-state index in [1.165, 1.54) is 0 Å². The molecule has 1 aliphatic rings. The lowest BCUT2D eigenvalue weighted by molar-refractivity contribution is -0.132. The van der Waals surface area contributed by atoms with Crippen molar-refractivity contribution in [3.05, 3.63) is 0 Å². The standard InChI is InChI=1S/C11H20N2O2/c1-9(2)7-10(14)12-8-11(15)13-5-3-4-6-13/h9H,3-8H2,1-2H3,(H,12,14). The predicted molar refractivity (Wildman–Crippen MR) is 58.3 cm³/mol. The zero-order valence-corrected chi connectivity index (χ0v) is 9.58. The highest BCUT2D eigenvalue weighted by molar-refractivity contribution is 5.84. The van der Waals surface area contributed by atoms with Gasteiger partial charge in [0.25, 0.3) is 0 Å². The fourth-order valence-corrected chi connectivity index (χ4v) is 1.70. The average Bonchev–Trinajstić information content (AvgIpc) is 2.65. The quantitative estimate of drug-likeness (QED) is 0.748. The van der Waals surface area contributed by atoms with Crippen molar-refractivity contribution in [1.82, 2.24) is 10.2 Å². The number of nitrogens with zero attached hydrogens (tertiary/aromatic N) is 1. The highest BCUT2D eigenvalue weighted by Gasteiger charge is 2.18. The van der Waals surface area contributed by atoms with E-state index in [4.69, 9.17) is 0 Å². The molecule has 4 nitrogen and oxygen atoms in total. The van der Waals surface area contributed by atoms with Gasteiger partial charge in [-0.05, 0) is 18.8 Å². The first kappa shape index (κ1) is 12.0. The van der Waals surface area contributed by atoms with Gasteiger partial charge in [0.1, 0.15) is 0 Å². The van der Waals surface area contributed by atoms with Gasteiger partial charge in [0, 0.05) is 19.5 Å². The van der Waals surface area contributed by atoms with Crippen LogP contribution in [0.2, 0.25) is 0 Å². The van der Waals surface area contributed by atoms with Crippen molar-refractivity contribution < 1.29 is 9.59 Å². The Balaban J connectivity index is 2.18. The van der Waals surface area contributed by atoms with E-state index < -0.39 is 0 Å². The van der Waals surface area contributed by atoms with E-state index in [-0.39, 0.29) is 18.4 Å². The van der Waals surface area contributed by atoms with E-state index in [9.17, 15) is 9.59 Å². The minimum Gasteiger partial charge on any atom is -0.347 e. The monoisotopic (exact) mass is 212 g/mol. The lowest BCUT2D eigenvalue weighted by atomic mass is 10.1. The largest absolute Gasteiger partial charge is 0.347 e. The molecule has 2 amide bonds. The van der Waals surface area contributed by atoms with E-state index in [1.54, 1.807) is 0 Å². The molecule has 15 heavy (non-hydrogen) atoms. The maximum Gasteiger partial charge on any atom is 0.241 e. The Hall–Kier alpha value is -1.06. The number of carbonyl (C=O) groups excluding carboxylic acids is 2. The Labute approximate surface area is 91.0 Å². The number of hydrogen-bond acceptors (Lipinski definition) is 2. The van der Waals surface area contributed by atoms with Crippen LogP contribution in [0.5, 0.6) is 0 Å². The molecular weight excluding hydrogens is 192 g/mol. The number of hydrogen-bond donors (Lipinski definition) is 1. The maximum absolute atomic E-state index is 11.5. The van der Waals surface area contributed by atoms with Gasteiger partial charge in [0.15, 0.2) is 0 Å². The number of nitrogens with one attached hydrogen (secondary N) is 1. The summed E-state index contributed by atoms with van der Waals surface area (Å²) in [6.45, 7) is 5.83. The lowest BCUT2D eigenvalue weighted by Gasteiger charge is -2.15. The first-order valence-corrected chi connectivity index (χ1v) is 5.64. The van der Waals surface area contributed by atoms with Crippen molar-refractivity contribution in [2.45, 2.75) is 33.1 Å². The van der Waals surface area contributed by atoms with Gasteiger partial charge in [0.05, 0.1) is 6.54 Å². The van der Waals surface area contributed by atoms with Gasteiger partial charge in [0.2, 0.25) is 11.8 Å². The van der Waals surface area contributed by atoms with Gasteiger partial charge in [-0.15, -0.1) is 0 Å². The summed E-state index contributed by atoms with van der Waals surface area (Å²) in [5, 5.41) is 2.66. The van der Waals surface area contributed by atoms with E-state index in [2.05, 4.69) is 5.32 Å². The molecule has 1 saturated heterocycles. The van der Waals surface area contributed by atoms with Gasteiger partial charge in [-0.3, -0.25) is 9.59 Å². The molecule has 0 aliphatic carbocycles. The van der Waals surface area contributed by atoms with Crippen LogP contribution in [0.3, 0.4) is 0 Å². The fraction of sp³-hybridized carbons (Fsp3) is 0.818. The Morgan fingerprint density at radius 3 is 2.40 bits per heavy atom. The van der Waals surface area contributed by atoms with E-state index in [0.717, 1.165) is 25.9 Å². The third-order valence-electron chi connectivity index (χ3n) is 2.49. The number of likely N-dealkylation sites (tertiary alicyclic amines) is 1. The van der Waals surface area contributed by atoms with Crippen LogP contribution in [0.25, 0.3) is 0 Å². The third kappa shape index (κ3) is 4.32. The molecule has 1 fully saturated rings. The maximum atomic E-state index is 11.5. The minimum absolute atomic E-state index is 0.0300. The molecule has 0 radical (unpaired) electrons. The second-order valence-electron chi connectivity index (χ2n) is 4.46. The van der Waals surface area contributed by atoms with Gasteiger partial charge in [-0.1, -0.05) is 13.8 Å². The van der Waals surface area contributed by atoms with Gasteiger partial charge in [-0.25, -0.2) is 0 Å². The summed E-state index contributed by atoms with van der Waals surface area (Å²) in [6.07, 6.45) is 2.67. The zero-order valence-electron chi connectivity index (χ0n) is 9.58. The van der Waals surface area contributed by atoms with E-state index in [0.29, 0.717) is 12.3 Å². The van der Waals surface area contributed by atoms with Crippen LogP contribution < -0.4 is 5.32 Å². The summed E-state index contributed by atoms with van der Waals surface area (Å²) in [7, 11) is 0. The third-order valence-corrected chi connectivity index (χ3v) is 2.49. The minimum atomic E-state index is -0.0300. The number of carbonyl (C=O) groups is 2. The van der Waals surface area contributed by atoms with Gasteiger partial charge < -0.3 is 10.2 Å². The van der Waals surface area contributed by atoms with Crippen LogP contribution in [0.4, 0.5) is 0 Å². The van der Waals surface area contributed by atoms with Crippen molar-refractivity contribution in [3.8, 4) is 0 Å². The molecule has 0 saturated carbocycles. The zero-order chi connectivity index (χ0) is 11.3. The second kappa shape index (κ2) is 5.73. The first-order chi connectivity index (χ1) is 7.09. The molecule has 0 aromatic carbocycles. The Morgan fingerprint density at radius 2 is 1.87 bits per heavy atom. The Bertz CT molecular complexity index is 233. The number of rotatable bonds is 4. The molecule has 0 aromatic rings. The molecule has 1 N–H and O–H groups in total. The average molecular weight is 212 g/mol. The molecular formula is C11H20N2O2.